The van der Waals surface area contributed by atoms with E-state index in [-0.39, 0.29) is 24.8 Å². The molecule has 2 heterocycles. The van der Waals surface area contributed by atoms with Crippen LogP contribution in [0, 0.1) is 11.3 Å². The molecular formula is C25H23Cl3N4S. The Kier molecular flexibility index (Phi) is 10.3. The van der Waals surface area contributed by atoms with Gasteiger partial charge in [0.05, 0.1) is 23.5 Å². The summed E-state index contributed by atoms with van der Waals surface area (Å²) in [5, 5.41) is 10.9. The molecule has 0 unspecified atom stereocenters. The van der Waals surface area contributed by atoms with E-state index in [1.807, 2.05) is 60.7 Å². The van der Waals surface area contributed by atoms with Crippen molar-refractivity contribution < 1.29 is 0 Å². The largest absolute Gasteiger partial charge is 0.372 e. The van der Waals surface area contributed by atoms with Crippen LogP contribution in [0.2, 0.25) is 5.02 Å². The number of pyridine rings is 1. The lowest BCUT2D eigenvalue weighted by molar-refractivity contribution is 0.897. The number of fused-ring (bicyclic) bond motifs is 1. The van der Waals surface area contributed by atoms with Crippen LogP contribution in [0.15, 0.2) is 76.8 Å². The molecule has 0 fully saturated rings. The number of likely N-dealkylation sites (N-methyl/N-ethyl adjacent to an activating group) is 1. The molecule has 1 aliphatic rings. The monoisotopic (exact) mass is 516 g/mol. The number of halogens is 3. The first kappa shape index (κ1) is 26.8. The summed E-state index contributed by atoms with van der Waals surface area (Å²) in [5.74, 6) is 0.721. The van der Waals surface area contributed by atoms with E-state index >= 15 is 0 Å². The summed E-state index contributed by atoms with van der Waals surface area (Å²) in [7, 11) is 2.09. The average Bonchev–Trinajstić information content (AvgIpc) is 2.96. The van der Waals surface area contributed by atoms with Gasteiger partial charge < -0.3 is 4.90 Å². The van der Waals surface area contributed by atoms with Gasteiger partial charge in [-0.05, 0) is 48.0 Å². The highest BCUT2D eigenvalue weighted by atomic mass is 35.5. The Bertz CT molecular complexity index is 1190. The van der Waals surface area contributed by atoms with Crippen LogP contribution in [0.1, 0.15) is 22.4 Å². The minimum atomic E-state index is 0. The Morgan fingerprint density at radius 1 is 1.06 bits per heavy atom. The van der Waals surface area contributed by atoms with Crippen LogP contribution in [0.3, 0.4) is 0 Å². The fourth-order valence-electron chi connectivity index (χ4n) is 3.33. The van der Waals surface area contributed by atoms with E-state index in [1.54, 1.807) is 11.8 Å². The molecule has 0 radical (unpaired) electrons. The summed E-state index contributed by atoms with van der Waals surface area (Å²) in [5.41, 5.74) is 5.75. The minimum absolute atomic E-state index is 0. The molecule has 8 heteroatoms. The predicted molar refractivity (Wildman–Crippen MR) is 145 cm³/mol. The van der Waals surface area contributed by atoms with Crippen molar-refractivity contribution in [2.45, 2.75) is 10.8 Å². The number of benzodiazepines with no additional fused rings is 1. The van der Waals surface area contributed by atoms with Gasteiger partial charge >= 0.3 is 0 Å². The van der Waals surface area contributed by atoms with Crippen LogP contribution in [0.4, 0.5) is 5.69 Å². The van der Waals surface area contributed by atoms with Gasteiger partial charge in [-0.2, -0.15) is 5.26 Å². The first-order valence-electron chi connectivity index (χ1n) is 9.95. The maximum atomic E-state index is 9.48. The summed E-state index contributed by atoms with van der Waals surface area (Å²) in [6, 6.07) is 22.0. The second-order valence-corrected chi connectivity index (χ2v) is 8.56. The van der Waals surface area contributed by atoms with Crippen molar-refractivity contribution in [3.05, 3.63) is 94.1 Å². The van der Waals surface area contributed by atoms with Gasteiger partial charge in [0.25, 0.3) is 0 Å². The van der Waals surface area contributed by atoms with Gasteiger partial charge in [0, 0.05) is 35.6 Å². The standard InChI is InChI=1S/C25H21ClN4S.2ClH/c1-30-15-14-28-23(22-4-2-3-5-24(22)30)13-12-21-11-8-19(16-27)25(29-21)31-17-18-6-9-20(26)10-7-18;;/h2-13H,14-15,17H2,1H3;2*1H. The summed E-state index contributed by atoms with van der Waals surface area (Å²) in [6.45, 7) is 1.63. The first-order valence-corrected chi connectivity index (χ1v) is 11.3. The summed E-state index contributed by atoms with van der Waals surface area (Å²) >= 11 is 7.51. The van der Waals surface area contributed by atoms with Crippen molar-refractivity contribution >= 4 is 65.7 Å². The van der Waals surface area contributed by atoms with E-state index in [9.17, 15) is 5.26 Å². The number of rotatable bonds is 5. The number of nitriles is 1. The van der Waals surface area contributed by atoms with E-state index in [0.717, 1.165) is 46.4 Å². The second kappa shape index (κ2) is 12.7. The van der Waals surface area contributed by atoms with E-state index < -0.39 is 0 Å². The molecule has 0 N–H and O–H groups in total. The molecular weight excluding hydrogens is 495 g/mol. The van der Waals surface area contributed by atoms with Gasteiger partial charge in [-0.25, -0.2) is 4.98 Å². The van der Waals surface area contributed by atoms with Crippen LogP contribution in [-0.2, 0) is 5.75 Å². The number of aliphatic imine (C=N–C) groups is 1. The normalized spacial score (nSPS) is 12.6. The van der Waals surface area contributed by atoms with Crippen LogP contribution in [0.25, 0.3) is 6.08 Å². The zero-order valence-electron chi connectivity index (χ0n) is 17.9. The molecule has 0 amide bonds. The lowest BCUT2D eigenvalue weighted by Gasteiger charge is -2.18. The van der Waals surface area contributed by atoms with Gasteiger partial charge in [-0.15, -0.1) is 36.6 Å². The van der Waals surface area contributed by atoms with Crippen molar-refractivity contribution in [3.63, 3.8) is 0 Å². The van der Waals surface area contributed by atoms with E-state index in [4.69, 9.17) is 21.6 Å². The maximum absolute atomic E-state index is 9.48. The van der Waals surface area contributed by atoms with Crippen molar-refractivity contribution in [3.8, 4) is 6.07 Å². The highest BCUT2D eigenvalue weighted by Crippen LogP contribution is 2.26. The third-order valence-corrected chi connectivity index (χ3v) is 6.33. The van der Waals surface area contributed by atoms with Gasteiger partial charge in [0.1, 0.15) is 11.1 Å². The Labute approximate surface area is 216 Å². The molecule has 0 atom stereocenters. The van der Waals surface area contributed by atoms with Gasteiger partial charge in [-0.1, -0.05) is 41.9 Å². The average molecular weight is 518 g/mol. The predicted octanol–water partition coefficient (Wildman–Crippen LogP) is 6.69. The van der Waals surface area contributed by atoms with Crippen LogP contribution in [-0.4, -0.2) is 30.8 Å². The fourth-order valence-corrected chi connectivity index (χ4v) is 4.39. The Hall–Kier alpha value is -2.49. The zero-order chi connectivity index (χ0) is 21.6. The Morgan fingerprint density at radius 3 is 2.58 bits per heavy atom. The zero-order valence-corrected chi connectivity index (χ0v) is 21.1. The number of anilines is 1. The quantitative estimate of drug-likeness (QED) is 0.354. The molecule has 4 rings (SSSR count). The molecule has 0 saturated heterocycles. The van der Waals surface area contributed by atoms with Gasteiger partial charge in [0.15, 0.2) is 0 Å². The molecule has 3 aromatic rings. The smallest absolute Gasteiger partial charge is 0.115 e. The molecule has 1 aromatic heterocycles. The number of thioether (sulfide) groups is 1. The third kappa shape index (κ3) is 6.75. The van der Waals surface area contributed by atoms with Crippen LogP contribution >= 0.6 is 48.2 Å². The minimum Gasteiger partial charge on any atom is -0.372 e. The lowest BCUT2D eigenvalue weighted by Crippen LogP contribution is -2.20. The third-order valence-electron chi connectivity index (χ3n) is 5.01. The first-order chi connectivity index (χ1) is 15.1. The molecule has 33 heavy (non-hydrogen) atoms. The van der Waals surface area contributed by atoms with Crippen molar-refractivity contribution in [2.75, 3.05) is 25.0 Å². The van der Waals surface area contributed by atoms with Crippen LogP contribution < -0.4 is 4.90 Å². The number of aromatic nitrogens is 1. The number of benzene rings is 2. The van der Waals surface area contributed by atoms with Crippen molar-refractivity contribution in [1.82, 2.24) is 4.98 Å². The number of nitrogens with zero attached hydrogens (tertiary/aromatic N) is 4. The second-order valence-electron chi connectivity index (χ2n) is 7.15. The summed E-state index contributed by atoms with van der Waals surface area (Å²) in [6.07, 6.45) is 3.98. The number of allylic oxidation sites excluding steroid dienone is 1. The van der Waals surface area contributed by atoms with Gasteiger partial charge in [-0.3, -0.25) is 4.99 Å². The van der Waals surface area contributed by atoms with Crippen molar-refractivity contribution in [1.29, 1.82) is 5.26 Å². The van der Waals surface area contributed by atoms with E-state index in [1.165, 1.54) is 5.69 Å². The summed E-state index contributed by atoms with van der Waals surface area (Å²) in [4.78, 5) is 11.7. The Morgan fingerprint density at radius 2 is 1.82 bits per heavy atom. The van der Waals surface area contributed by atoms with Gasteiger partial charge in [0.2, 0.25) is 0 Å². The molecule has 2 aromatic carbocycles. The molecule has 0 saturated carbocycles. The van der Waals surface area contributed by atoms with Crippen molar-refractivity contribution in [2.24, 2.45) is 4.99 Å². The highest BCUT2D eigenvalue weighted by Gasteiger charge is 2.14. The maximum Gasteiger partial charge on any atom is 0.115 e. The molecule has 0 aliphatic carbocycles. The topological polar surface area (TPSA) is 52.3 Å². The lowest BCUT2D eigenvalue weighted by atomic mass is 10.1. The number of para-hydroxylation sites is 1. The van der Waals surface area contributed by atoms with E-state index in [2.05, 4.69) is 30.1 Å². The number of hydrogen-bond donors (Lipinski definition) is 0. The van der Waals surface area contributed by atoms with E-state index in [0.29, 0.717) is 10.6 Å². The molecule has 0 spiro atoms. The molecule has 0 bridgehead atoms. The molecule has 4 nitrogen and oxygen atoms in total. The highest BCUT2D eigenvalue weighted by molar-refractivity contribution is 7.98. The summed E-state index contributed by atoms with van der Waals surface area (Å²) < 4.78 is 0. The van der Waals surface area contributed by atoms with Crippen LogP contribution in [0.5, 0.6) is 0 Å². The SMILES string of the molecule is CN1CCN=C(C=Cc2ccc(C#N)c(SCc3ccc(Cl)cc3)n2)c2ccccc21.Cl.Cl. The fraction of sp³-hybridized carbons (Fsp3) is 0.160. The molecule has 170 valence electrons. The number of hydrogen-bond acceptors (Lipinski definition) is 5. The Balaban J connectivity index is 0.00000193. The molecule has 1 aliphatic heterocycles.